The predicted molar refractivity (Wildman–Crippen MR) is 71.9 cm³/mol. The van der Waals surface area contributed by atoms with Gasteiger partial charge in [0.05, 0.1) is 10.8 Å². The minimum atomic E-state index is -3.75. The van der Waals surface area contributed by atoms with Crippen LogP contribution >= 0.6 is 11.6 Å². The Bertz CT molecular complexity index is 527. The maximum Gasteiger partial charge on any atom is 0.234 e. The second-order valence-electron chi connectivity index (χ2n) is 4.27. The molecular weight excluding hydrogens is 298 g/mol. The van der Waals surface area contributed by atoms with Crippen molar-refractivity contribution in [1.29, 1.82) is 0 Å². The number of rotatable bonds is 6. The van der Waals surface area contributed by atoms with Crippen LogP contribution in [0.5, 0.6) is 0 Å². The molecule has 0 fully saturated rings. The van der Waals surface area contributed by atoms with Crippen LogP contribution in [0, 0.1) is 11.6 Å². The van der Waals surface area contributed by atoms with Crippen LogP contribution < -0.4 is 10.0 Å². The maximum absolute atomic E-state index is 13.4. The molecule has 0 unspecified atom stereocenters. The molecule has 0 aliphatic rings. The summed E-state index contributed by atoms with van der Waals surface area (Å²) >= 11 is 5.60. The van der Waals surface area contributed by atoms with Crippen LogP contribution in [0.15, 0.2) is 12.1 Å². The minimum absolute atomic E-state index is 0.140. The fourth-order valence-electron chi connectivity index (χ4n) is 1.33. The van der Waals surface area contributed by atoms with Gasteiger partial charge in [0.15, 0.2) is 5.82 Å². The molecule has 0 saturated heterocycles. The molecule has 4 nitrogen and oxygen atoms in total. The lowest BCUT2D eigenvalue weighted by molar-refractivity contribution is 0.576. The molecule has 0 amide bonds. The van der Waals surface area contributed by atoms with E-state index in [2.05, 4.69) is 5.32 Å². The first kappa shape index (κ1) is 16.1. The lowest BCUT2D eigenvalue weighted by Gasteiger charge is -2.12. The van der Waals surface area contributed by atoms with Crippen molar-refractivity contribution in [3.8, 4) is 0 Å². The predicted octanol–water partition coefficient (Wildman–Crippen LogP) is 2.36. The molecule has 0 radical (unpaired) electrons. The van der Waals surface area contributed by atoms with Gasteiger partial charge in [-0.15, -0.1) is 0 Å². The van der Waals surface area contributed by atoms with Crippen molar-refractivity contribution in [2.75, 3.05) is 17.0 Å². The maximum atomic E-state index is 13.4. The summed E-state index contributed by atoms with van der Waals surface area (Å²) in [6, 6.07) is 1.55. The fourth-order valence-corrected chi connectivity index (χ4v) is 2.63. The average Bonchev–Trinajstić information content (AvgIpc) is 2.22. The third-order valence-electron chi connectivity index (χ3n) is 2.19. The van der Waals surface area contributed by atoms with Gasteiger partial charge in [0.25, 0.3) is 0 Å². The van der Waals surface area contributed by atoms with E-state index >= 15 is 0 Å². The number of halogens is 3. The van der Waals surface area contributed by atoms with Gasteiger partial charge in [-0.1, -0.05) is 25.4 Å². The number of sulfonamides is 1. The van der Waals surface area contributed by atoms with E-state index in [-0.39, 0.29) is 23.4 Å². The molecule has 0 aromatic heterocycles. The molecule has 1 aromatic rings. The van der Waals surface area contributed by atoms with Gasteiger partial charge >= 0.3 is 0 Å². The Hall–Kier alpha value is -0.920. The van der Waals surface area contributed by atoms with Crippen molar-refractivity contribution in [3.63, 3.8) is 0 Å². The Morgan fingerprint density at radius 1 is 1.32 bits per heavy atom. The molecule has 0 saturated carbocycles. The van der Waals surface area contributed by atoms with Gasteiger partial charge in [0.1, 0.15) is 11.5 Å². The normalized spacial score (nSPS) is 11.9. The summed E-state index contributed by atoms with van der Waals surface area (Å²) in [6.45, 7) is 3.96. The van der Waals surface area contributed by atoms with Crippen LogP contribution in [0.25, 0.3) is 0 Å². The highest BCUT2D eigenvalue weighted by molar-refractivity contribution is 7.92. The van der Waals surface area contributed by atoms with Gasteiger partial charge in [-0.05, 0) is 6.07 Å². The van der Waals surface area contributed by atoms with Crippen molar-refractivity contribution >= 4 is 27.3 Å². The van der Waals surface area contributed by atoms with Crippen LogP contribution in [-0.2, 0) is 10.0 Å². The minimum Gasteiger partial charge on any atom is -0.313 e. The second-order valence-corrected chi connectivity index (χ2v) is 6.52. The Morgan fingerprint density at radius 2 is 1.95 bits per heavy atom. The Kier molecular flexibility index (Phi) is 5.51. The van der Waals surface area contributed by atoms with Gasteiger partial charge in [0, 0.05) is 18.7 Å². The zero-order valence-corrected chi connectivity index (χ0v) is 12.1. The lowest BCUT2D eigenvalue weighted by Crippen LogP contribution is -2.31. The summed E-state index contributed by atoms with van der Waals surface area (Å²) in [5.41, 5.74) is -0.437. The molecule has 0 atom stereocenters. The van der Waals surface area contributed by atoms with E-state index in [0.717, 1.165) is 6.07 Å². The molecule has 19 heavy (non-hydrogen) atoms. The van der Waals surface area contributed by atoms with E-state index in [4.69, 9.17) is 11.6 Å². The number of nitrogens with one attached hydrogen (secondary N) is 2. The first-order valence-electron chi connectivity index (χ1n) is 5.59. The molecule has 0 aliphatic heterocycles. The standard InChI is InChI=1S/C11H15ClF2N2O2S/c1-7(2)15-3-4-19(17,18)16-11-9(12)5-8(13)6-10(11)14/h5-7,15-16H,3-4H2,1-2H3. The topological polar surface area (TPSA) is 58.2 Å². The summed E-state index contributed by atoms with van der Waals surface area (Å²) in [5, 5.41) is 2.60. The molecule has 0 spiro atoms. The molecule has 0 bridgehead atoms. The van der Waals surface area contributed by atoms with Gasteiger partial charge in [-0.2, -0.15) is 0 Å². The Labute approximate surface area is 116 Å². The van der Waals surface area contributed by atoms with Gasteiger partial charge in [0.2, 0.25) is 10.0 Å². The SMILES string of the molecule is CC(C)NCCS(=O)(=O)Nc1c(F)cc(F)cc1Cl. The van der Waals surface area contributed by atoms with E-state index in [1.165, 1.54) is 0 Å². The van der Waals surface area contributed by atoms with E-state index in [0.29, 0.717) is 6.07 Å². The number of benzene rings is 1. The van der Waals surface area contributed by atoms with Crippen molar-refractivity contribution < 1.29 is 17.2 Å². The highest BCUT2D eigenvalue weighted by Crippen LogP contribution is 2.27. The summed E-state index contributed by atoms with van der Waals surface area (Å²) in [4.78, 5) is 0. The lowest BCUT2D eigenvalue weighted by atomic mass is 10.3. The highest BCUT2D eigenvalue weighted by atomic mass is 35.5. The average molecular weight is 313 g/mol. The van der Waals surface area contributed by atoms with Crippen molar-refractivity contribution in [1.82, 2.24) is 5.32 Å². The molecule has 8 heteroatoms. The molecule has 2 N–H and O–H groups in total. The molecule has 0 aliphatic carbocycles. The molecule has 1 aromatic carbocycles. The largest absolute Gasteiger partial charge is 0.313 e. The molecule has 108 valence electrons. The van der Waals surface area contributed by atoms with Crippen LogP contribution in [0.1, 0.15) is 13.8 Å². The summed E-state index contributed by atoms with van der Waals surface area (Å²) in [5.74, 6) is -2.16. The zero-order chi connectivity index (χ0) is 14.6. The quantitative estimate of drug-likeness (QED) is 0.848. The Balaban J connectivity index is 2.79. The van der Waals surface area contributed by atoms with Crippen LogP contribution in [0.3, 0.4) is 0 Å². The third kappa shape index (κ3) is 5.30. The summed E-state index contributed by atoms with van der Waals surface area (Å²) in [6.07, 6.45) is 0. The molecule has 1 rings (SSSR count). The van der Waals surface area contributed by atoms with E-state index in [1.54, 1.807) is 0 Å². The monoisotopic (exact) mass is 312 g/mol. The first-order valence-corrected chi connectivity index (χ1v) is 7.62. The van der Waals surface area contributed by atoms with E-state index in [1.807, 2.05) is 18.6 Å². The number of hydrogen-bond acceptors (Lipinski definition) is 3. The summed E-state index contributed by atoms with van der Waals surface area (Å²) in [7, 11) is -3.75. The van der Waals surface area contributed by atoms with Crippen molar-refractivity contribution in [2.24, 2.45) is 0 Å². The fraction of sp³-hybridized carbons (Fsp3) is 0.455. The summed E-state index contributed by atoms with van der Waals surface area (Å²) < 4.78 is 51.7. The van der Waals surface area contributed by atoms with Crippen LogP contribution in [0.2, 0.25) is 5.02 Å². The van der Waals surface area contributed by atoms with Crippen molar-refractivity contribution in [3.05, 3.63) is 28.8 Å². The first-order chi connectivity index (χ1) is 8.71. The van der Waals surface area contributed by atoms with Crippen LogP contribution in [-0.4, -0.2) is 26.8 Å². The smallest absolute Gasteiger partial charge is 0.234 e. The number of anilines is 1. The van der Waals surface area contributed by atoms with Crippen LogP contribution in [0.4, 0.5) is 14.5 Å². The number of hydrogen-bond donors (Lipinski definition) is 2. The molecular formula is C11H15ClF2N2O2S. The van der Waals surface area contributed by atoms with Crippen molar-refractivity contribution in [2.45, 2.75) is 19.9 Å². The highest BCUT2D eigenvalue weighted by Gasteiger charge is 2.17. The van der Waals surface area contributed by atoms with Gasteiger partial charge < -0.3 is 5.32 Å². The molecule has 0 heterocycles. The van der Waals surface area contributed by atoms with E-state index in [9.17, 15) is 17.2 Å². The second kappa shape index (κ2) is 6.49. The van der Waals surface area contributed by atoms with E-state index < -0.39 is 27.3 Å². The van der Waals surface area contributed by atoms with Gasteiger partial charge in [-0.25, -0.2) is 17.2 Å². The zero-order valence-electron chi connectivity index (χ0n) is 10.5. The Morgan fingerprint density at radius 3 is 2.47 bits per heavy atom. The third-order valence-corrected chi connectivity index (χ3v) is 3.74. The van der Waals surface area contributed by atoms with Gasteiger partial charge in [-0.3, -0.25) is 4.72 Å².